The summed E-state index contributed by atoms with van der Waals surface area (Å²) in [6.07, 6.45) is 3.75. The van der Waals surface area contributed by atoms with E-state index in [2.05, 4.69) is 10.2 Å². The second-order valence-electron chi connectivity index (χ2n) is 3.99. The van der Waals surface area contributed by atoms with Gasteiger partial charge in [-0.3, -0.25) is 0 Å². The monoisotopic (exact) mass is 184 g/mol. The van der Waals surface area contributed by atoms with Crippen molar-refractivity contribution in [2.24, 2.45) is 0 Å². The van der Waals surface area contributed by atoms with Crippen LogP contribution in [0.2, 0.25) is 0 Å². The molecule has 1 aliphatic heterocycles. The molecule has 13 heavy (non-hydrogen) atoms. The van der Waals surface area contributed by atoms with Crippen molar-refractivity contribution in [3.63, 3.8) is 0 Å². The van der Waals surface area contributed by atoms with Gasteiger partial charge in [-0.15, -0.1) is 0 Å². The number of piperidine rings is 1. The van der Waals surface area contributed by atoms with E-state index >= 15 is 0 Å². The fraction of sp³-hybridized carbons (Fsp3) is 0.889. The average Bonchev–Trinajstić information content (AvgIpc) is 2.87. The number of carbonyl (C=O) groups is 1. The molecule has 4 heteroatoms. The van der Waals surface area contributed by atoms with Crippen molar-refractivity contribution in [1.29, 1.82) is 0 Å². The molecule has 0 bridgehead atoms. The second kappa shape index (κ2) is 3.54. The quantitative estimate of drug-likeness (QED) is 0.670. The molecule has 0 aromatic carbocycles. The summed E-state index contributed by atoms with van der Waals surface area (Å²) < 4.78 is 0. The second-order valence-corrected chi connectivity index (χ2v) is 3.99. The first kappa shape index (κ1) is 8.81. The highest BCUT2D eigenvalue weighted by Gasteiger charge is 2.31. The first-order valence-corrected chi connectivity index (χ1v) is 4.99. The van der Waals surface area contributed by atoms with Gasteiger partial charge in [0.1, 0.15) is 0 Å². The number of hydrogen-bond acceptors (Lipinski definition) is 2. The Morgan fingerprint density at radius 3 is 2.31 bits per heavy atom. The van der Waals surface area contributed by atoms with Crippen LogP contribution in [0.1, 0.15) is 25.7 Å². The summed E-state index contributed by atoms with van der Waals surface area (Å²) in [4.78, 5) is 12.9. The number of amides is 1. The SMILES string of the molecule is O=C(O)NC1CCN(C2CC2)CC1. The van der Waals surface area contributed by atoms with Crippen LogP contribution in [0.4, 0.5) is 4.79 Å². The predicted molar refractivity (Wildman–Crippen MR) is 48.8 cm³/mol. The smallest absolute Gasteiger partial charge is 0.404 e. The Balaban J connectivity index is 1.72. The van der Waals surface area contributed by atoms with Crippen molar-refractivity contribution in [3.8, 4) is 0 Å². The molecule has 0 aromatic rings. The molecule has 1 aliphatic carbocycles. The number of rotatable bonds is 2. The van der Waals surface area contributed by atoms with E-state index in [4.69, 9.17) is 5.11 Å². The molecular weight excluding hydrogens is 168 g/mol. The fourth-order valence-electron chi connectivity index (χ4n) is 2.02. The lowest BCUT2D eigenvalue weighted by Crippen LogP contribution is -2.44. The van der Waals surface area contributed by atoms with Gasteiger partial charge in [0.15, 0.2) is 0 Å². The molecule has 0 atom stereocenters. The fourth-order valence-corrected chi connectivity index (χ4v) is 2.02. The van der Waals surface area contributed by atoms with Gasteiger partial charge in [0.05, 0.1) is 0 Å². The summed E-state index contributed by atoms with van der Waals surface area (Å²) in [5.74, 6) is 0. The van der Waals surface area contributed by atoms with Crippen LogP contribution in [0.25, 0.3) is 0 Å². The molecule has 2 rings (SSSR count). The third-order valence-corrected chi connectivity index (χ3v) is 2.92. The van der Waals surface area contributed by atoms with Gasteiger partial charge >= 0.3 is 6.09 Å². The van der Waals surface area contributed by atoms with Crippen molar-refractivity contribution in [2.45, 2.75) is 37.8 Å². The van der Waals surface area contributed by atoms with Crippen molar-refractivity contribution in [3.05, 3.63) is 0 Å². The molecule has 0 radical (unpaired) electrons. The Hall–Kier alpha value is -0.770. The van der Waals surface area contributed by atoms with Crippen LogP contribution in [0, 0.1) is 0 Å². The molecule has 2 fully saturated rings. The topological polar surface area (TPSA) is 52.6 Å². The lowest BCUT2D eigenvalue weighted by molar-refractivity contribution is 0.165. The van der Waals surface area contributed by atoms with E-state index in [1.54, 1.807) is 0 Å². The molecule has 0 unspecified atom stereocenters. The maximum absolute atomic E-state index is 10.4. The Bertz CT molecular complexity index is 196. The minimum Gasteiger partial charge on any atom is -0.465 e. The Morgan fingerprint density at radius 2 is 1.85 bits per heavy atom. The molecule has 1 heterocycles. The van der Waals surface area contributed by atoms with Gasteiger partial charge in [-0.2, -0.15) is 0 Å². The number of nitrogens with zero attached hydrogens (tertiary/aromatic N) is 1. The van der Waals surface area contributed by atoms with Crippen LogP contribution < -0.4 is 5.32 Å². The lowest BCUT2D eigenvalue weighted by Gasteiger charge is -2.31. The molecule has 1 amide bonds. The van der Waals surface area contributed by atoms with Gasteiger partial charge in [0.2, 0.25) is 0 Å². The van der Waals surface area contributed by atoms with Crippen LogP contribution in [-0.2, 0) is 0 Å². The third-order valence-electron chi connectivity index (χ3n) is 2.92. The summed E-state index contributed by atoms with van der Waals surface area (Å²) in [5.41, 5.74) is 0. The molecule has 0 aromatic heterocycles. The summed E-state index contributed by atoms with van der Waals surface area (Å²) in [7, 11) is 0. The minimum atomic E-state index is -0.884. The number of likely N-dealkylation sites (tertiary alicyclic amines) is 1. The number of hydrogen-bond donors (Lipinski definition) is 2. The Morgan fingerprint density at radius 1 is 1.23 bits per heavy atom. The number of nitrogens with one attached hydrogen (secondary N) is 1. The number of carboxylic acid groups (broad SMARTS) is 1. The zero-order chi connectivity index (χ0) is 9.26. The summed E-state index contributed by atoms with van der Waals surface area (Å²) >= 11 is 0. The summed E-state index contributed by atoms with van der Waals surface area (Å²) in [6.45, 7) is 2.13. The van der Waals surface area contributed by atoms with E-state index < -0.39 is 6.09 Å². The molecule has 74 valence electrons. The summed E-state index contributed by atoms with van der Waals surface area (Å²) in [6, 6.07) is 1.01. The maximum atomic E-state index is 10.4. The van der Waals surface area contributed by atoms with Crippen LogP contribution >= 0.6 is 0 Å². The van der Waals surface area contributed by atoms with Crippen LogP contribution in [-0.4, -0.2) is 41.3 Å². The van der Waals surface area contributed by atoms with E-state index in [0.717, 1.165) is 32.0 Å². The van der Waals surface area contributed by atoms with Gasteiger partial charge in [0, 0.05) is 25.2 Å². The largest absolute Gasteiger partial charge is 0.465 e. The Kier molecular flexibility index (Phi) is 2.40. The van der Waals surface area contributed by atoms with Crippen molar-refractivity contribution >= 4 is 6.09 Å². The first-order valence-electron chi connectivity index (χ1n) is 4.99. The van der Waals surface area contributed by atoms with E-state index in [-0.39, 0.29) is 6.04 Å². The standard InChI is InChI=1S/C9H16N2O2/c12-9(13)10-7-3-5-11(6-4-7)8-1-2-8/h7-8,10H,1-6H2,(H,12,13). The lowest BCUT2D eigenvalue weighted by atomic mass is 10.1. The maximum Gasteiger partial charge on any atom is 0.404 e. The highest BCUT2D eigenvalue weighted by molar-refractivity contribution is 5.64. The van der Waals surface area contributed by atoms with Crippen LogP contribution in [0.5, 0.6) is 0 Å². The molecule has 4 nitrogen and oxygen atoms in total. The van der Waals surface area contributed by atoms with Crippen molar-refractivity contribution in [1.82, 2.24) is 10.2 Å². The molecule has 2 aliphatic rings. The molecule has 2 N–H and O–H groups in total. The average molecular weight is 184 g/mol. The van der Waals surface area contributed by atoms with Gasteiger partial charge < -0.3 is 15.3 Å². The zero-order valence-corrected chi connectivity index (χ0v) is 7.70. The molecule has 0 spiro atoms. The van der Waals surface area contributed by atoms with E-state index in [0.29, 0.717) is 0 Å². The van der Waals surface area contributed by atoms with Crippen molar-refractivity contribution < 1.29 is 9.90 Å². The van der Waals surface area contributed by atoms with Crippen molar-refractivity contribution in [2.75, 3.05) is 13.1 Å². The van der Waals surface area contributed by atoms with Gasteiger partial charge in [-0.05, 0) is 25.7 Å². The van der Waals surface area contributed by atoms with E-state index in [9.17, 15) is 4.79 Å². The van der Waals surface area contributed by atoms with Gasteiger partial charge in [-0.25, -0.2) is 4.79 Å². The zero-order valence-electron chi connectivity index (χ0n) is 7.70. The third kappa shape index (κ3) is 2.34. The molecule has 1 saturated heterocycles. The predicted octanol–water partition coefficient (Wildman–Crippen LogP) is 0.881. The first-order chi connectivity index (χ1) is 6.25. The van der Waals surface area contributed by atoms with Crippen LogP contribution in [0.15, 0.2) is 0 Å². The van der Waals surface area contributed by atoms with Gasteiger partial charge in [-0.1, -0.05) is 0 Å². The minimum absolute atomic E-state index is 0.187. The highest BCUT2D eigenvalue weighted by atomic mass is 16.4. The van der Waals surface area contributed by atoms with E-state index in [1.165, 1.54) is 12.8 Å². The molecule has 1 saturated carbocycles. The Labute approximate surface area is 77.9 Å². The molecular formula is C9H16N2O2. The normalized spacial score (nSPS) is 25.8. The highest BCUT2D eigenvalue weighted by Crippen LogP contribution is 2.29. The summed E-state index contributed by atoms with van der Waals surface area (Å²) in [5, 5.41) is 11.1. The van der Waals surface area contributed by atoms with E-state index in [1.807, 2.05) is 0 Å². The van der Waals surface area contributed by atoms with Gasteiger partial charge in [0.25, 0.3) is 0 Å². The van der Waals surface area contributed by atoms with Crippen LogP contribution in [0.3, 0.4) is 0 Å².